The van der Waals surface area contributed by atoms with Crippen LogP contribution in [-0.2, 0) is 18.9 Å². The first kappa shape index (κ1) is 23.8. The zero-order valence-corrected chi connectivity index (χ0v) is 16.9. The fourth-order valence-electron chi connectivity index (χ4n) is 2.21. The van der Waals surface area contributed by atoms with E-state index in [-0.39, 0.29) is 6.29 Å². The van der Waals surface area contributed by atoms with Gasteiger partial charge >= 0.3 is 0 Å². The number of hydrogen-bond acceptors (Lipinski definition) is 4. The van der Waals surface area contributed by atoms with Gasteiger partial charge in [-0.2, -0.15) is 0 Å². The topological polar surface area (TPSA) is 36.9 Å². The van der Waals surface area contributed by atoms with Gasteiger partial charge in [-0.3, -0.25) is 0 Å². The van der Waals surface area contributed by atoms with Crippen molar-refractivity contribution in [3.63, 3.8) is 0 Å². The van der Waals surface area contributed by atoms with E-state index < -0.39 is 5.79 Å². The maximum Gasteiger partial charge on any atom is 0.170 e. The largest absolute Gasteiger partial charge is 0.352 e. The third-order valence-electron chi connectivity index (χ3n) is 3.95. The van der Waals surface area contributed by atoms with Crippen LogP contribution in [0.2, 0.25) is 0 Å². The summed E-state index contributed by atoms with van der Waals surface area (Å²) in [6.45, 7) is 13.6. The number of ether oxygens (including phenoxy) is 4. The van der Waals surface area contributed by atoms with E-state index in [1.165, 1.54) is 0 Å². The Bertz CT molecular complexity index is 238. The molecule has 0 aliphatic carbocycles. The van der Waals surface area contributed by atoms with Crippen molar-refractivity contribution >= 4 is 0 Å². The van der Waals surface area contributed by atoms with Crippen molar-refractivity contribution in [3.8, 4) is 0 Å². The number of unbranched alkanes of at least 4 members (excludes halogenated alkanes) is 4. The van der Waals surface area contributed by atoms with Crippen LogP contribution in [0.25, 0.3) is 0 Å². The standard InChI is InChI=1S/C20H42O4/c1-6-10-14-21-19(22-15-11-7-2)18-20(5,23-16-12-8-3)24-17-13-9-4/h19H,6-18H2,1-5H3. The predicted octanol–water partition coefficient (Wildman–Crippen LogP) is 5.69. The zero-order valence-electron chi connectivity index (χ0n) is 16.9. The van der Waals surface area contributed by atoms with E-state index in [0.717, 1.165) is 77.8 Å². The van der Waals surface area contributed by atoms with Crippen LogP contribution in [0.5, 0.6) is 0 Å². The Labute approximate surface area is 150 Å². The Hall–Kier alpha value is -0.160. The van der Waals surface area contributed by atoms with Crippen LogP contribution in [0.15, 0.2) is 0 Å². The predicted molar refractivity (Wildman–Crippen MR) is 100 cm³/mol. The normalized spacial score (nSPS) is 12.2. The lowest BCUT2D eigenvalue weighted by Gasteiger charge is -2.33. The van der Waals surface area contributed by atoms with E-state index in [9.17, 15) is 0 Å². The molecule has 0 aromatic carbocycles. The van der Waals surface area contributed by atoms with Crippen LogP contribution < -0.4 is 0 Å². The smallest absolute Gasteiger partial charge is 0.170 e. The first-order valence-electron chi connectivity index (χ1n) is 10.1. The second kappa shape index (κ2) is 16.3. The molecule has 146 valence electrons. The molecule has 0 N–H and O–H groups in total. The summed E-state index contributed by atoms with van der Waals surface area (Å²) < 4.78 is 24.1. The van der Waals surface area contributed by atoms with E-state index in [4.69, 9.17) is 18.9 Å². The third-order valence-corrected chi connectivity index (χ3v) is 3.95. The summed E-state index contributed by atoms with van der Waals surface area (Å²) in [4.78, 5) is 0. The van der Waals surface area contributed by atoms with Crippen molar-refractivity contribution in [1.82, 2.24) is 0 Å². The summed E-state index contributed by atoms with van der Waals surface area (Å²) in [6.07, 6.45) is 9.05. The third kappa shape index (κ3) is 13.2. The van der Waals surface area contributed by atoms with Crippen molar-refractivity contribution in [2.45, 2.75) is 104 Å². The lowest BCUT2D eigenvalue weighted by molar-refractivity contribution is -0.270. The van der Waals surface area contributed by atoms with E-state index in [1.807, 2.05) is 6.92 Å². The highest BCUT2D eigenvalue weighted by Gasteiger charge is 2.31. The highest BCUT2D eigenvalue weighted by Crippen LogP contribution is 2.23. The zero-order chi connectivity index (χ0) is 18.1. The Kier molecular flexibility index (Phi) is 16.2. The molecule has 0 unspecified atom stereocenters. The van der Waals surface area contributed by atoms with Crippen molar-refractivity contribution in [1.29, 1.82) is 0 Å². The van der Waals surface area contributed by atoms with Crippen LogP contribution in [0.1, 0.15) is 92.4 Å². The average Bonchev–Trinajstić information content (AvgIpc) is 2.55. The van der Waals surface area contributed by atoms with Crippen molar-refractivity contribution < 1.29 is 18.9 Å². The second-order valence-electron chi connectivity index (χ2n) is 6.62. The minimum atomic E-state index is -0.632. The van der Waals surface area contributed by atoms with E-state index in [1.54, 1.807) is 0 Å². The number of hydrogen-bond donors (Lipinski definition) is 0. The molecule has 0 saturated carbocycles. The van der Waals surface area contributed by atoms with Gasteiger partial charge < -0.3 is 18.9 Å². The van der Waals surface area contributed by atoms with Gasteiger partial charge in [-0.15, -0.1) is 0 Å². The van der Waals surface area contributed by atoms with Crippen molar-refractivity contribution in [2.24, 2.45) is 0 Å². The SMILES string of the molecule is CCCCOC(CC(C)(OCCCC)OCCCC)OCCCC. The highest BCUT2D eigenvalue weighted by atomic mass is 16.7. The fourth-order valence-corrected chi connectivity index (χ4v) is 2.21. The van der Waals surface area contributed by atoms with Crippen molar-refractivity contribution in [3.05, 3.63) is 0 Å². The number of rotatable bonds is 18. The monoisotopic (exact) mass is 346 g/mol. The molecule has 0 aliphatic heterocycles. The maximum atomic E-state index is 6.08. The van der Waals surface area contributed by atoms with E-state index >= 15 is 0 Å². The molecule has 0 spiro atoms. The minimum absolute atomic E-state index is 0.253. The van der Waals surface area contributed by atoms with Crippen LogP contribution in [0.4, 0.5) is 0 Å². The van der Waals surface area contributed by atoms with E-state index in [2.05, 4.69) is 27.7 Å². The molecule has 0 radical (unpaired) electrons. The summed E-state index contributed by atoms with van der Waals surface area (Å²) in [5, 5.41) is 0. The van der Waals surface area contributed by atoms with Gasteiger partial charge in [-0.1, -0.05) is 53.4 Å². The quantitative estimate of drug-likeness (QED) is 0.236. The second-order valence-corrected chi connectivity index (χ2v) is 6.62. The van der Waals surface area contributed by atoms with Crippen LogP contribution in [0, 0.1) is 0 Å². The molecule has 0 heterocycles. The van der Waals surface area contributed by atoms with Gasteiger partial charge in [0.1, 0.15) is 0 Å². The molecule has 0 aromatic rings. The molecule has 0 atom stereocenters. The summed E-state index contributed by atoms with van der Waals surface area (Å²) in [5.41, 5.74) is 0. The Morgan fingerprint density at radius 1 is 0.625 bits per heavy atom. The maximum absolute atomic E-state index is 6.08. The Morgan fingerprint density at radius 2 is 1.00 bits per heavy atom. The molecular formula is C20H42O4. The van der Waals surface area contributed by atoms with E-state index in [0.29, 0.717) is 6.42 Å². The van der Waals surface area contributed by atoms with Gasteiger partial charge in [0.2, 0.25) is 0 Å². The molecule has 0 fully saturated rings. The highest BCUT2D eigenvalue weighted by molar-refractivity contribution is 4.67. The first-order valence-corrected chi connectivity index (χ1v) is 10.1. The minimum Gasteiger partial charge on any atom is -0.352 e. The molecule has 0 saturated heterocycles. The first-order chi connectivity index (χ1) is 11.6. The lowest BCUT2D eigenvalue weighted by atomic mass is 10.2. The van der Waals surface area contributed by atoms with Gasteiger partial charge in [0.25, 0.3) is 0 Å². The fraction of sp³-hybridized carbons (Fsp3) is 1.00. The summed E-state index contributed by atoms with van der Waals surface area (Å²) in [6, 6.07) is 0. The summed E-state index contributed by atoms with van der Waals surface area (Å²) in [7, 11) is 0. The molecular weight excluding hydrogens is 304 g/mol. The Balaban J connectivity index is 4.60. The summed E-state index contributed by atoms with van der Waals surface area (Å²) in [5.74, 6) is -0.632. The van der Waals surface area contributed by atoms with Crippen LogP contribution in [-0.4, -0.2) is 38.5 Å². The summed E-state index contributed by atoms with van der Waals surface area (Å²) >= 11 is 0. The average molecular weight is 347 g/mol. The molecule has 4 nitrogen and oxygen atoms in total. The molecule has 24 heavy (non-hydrogen) atoms. The van der Waals surface area contributed by atoms with Gasteiger partial charge in [0.15, 0.2) is 12.1 Å². The lowest BCUT2D eigenvalue weighted by Crippen LogP contribution is -2.39. The molecule has 0 aromatic heterocycles. The molecule has 0 rings (SSSR count). The van der Waals surface area contributed by atoms with Gasteiger partial charge in [-0.25, -0.2) is 0 Å². The Morgan fingerprint density at radius 3 is 1.38 bits per heavy atom. The molecule has 4 heteroatoms. The molecule has 0 amide bonds. The van der Waals surface area contributed by atoms with Crippen LogP contribution >= 0.6 is 0 Å². The molecule has 0 aliphatic rings. The van der Waals surface area contributed by atoms with Crippen molar-refractivity contribution in [2.75, 3.05) is 26.4 Å². The van der Waals surface area contributed by atoms with Gasteiger partial charge in [0, 0.05) is 13.2 Å². The van der Waals surface area contributed by atoms with Gasteiger partial charge in [-0.05, 0) is 32.6 Å². The van der Waals surface area contributed by atoms with Gasteiger partial charge in [0.05, 0.1) is 19.6 Å². The van der Waals surface area contributed by atoms with Crippen LogP contribution in [0.3, 0.4) is 0 Å². The molecule has 0 bridgehead atoms.